The summed E-state index contributed by atoms with van der Waals surface area (Å²) < 4.78 is 5.09. The number of amides is 1. The van der Waals surface area contributed by atoms with Crippen LogP contribution in [0, 0.1) is 0 Å². The highest BCUT2D eigenvalue weighted by Crippen LogP contribution is 2.18. The predicted molar refractivity (Wildman–Crippen MR) is 72.4 cm³/mol. The lowest BCUT2D eigenvalue weighted by Gasteiger charge is -2.24. The van der Waals surface area contributed by atoms with Crippen molar-refractivity contribution in [2.75, 3.05) is 7.11 Å². The zero-order valence-corrected chi connectivity index (χ0v) is 11.5. The van der Waals surface area contributed by atoms with E-state index in [1.165, 1.54) is 0 Å². The van der Waals surface area contributed by atoms with Crippen molar-refractivity contribution in [2.24, 2.45) is 5.73 Å². The second-order valence-electron chi connectivity index (χ2n) is 4.74. The van der Waals surface area contributed by atoms with E-state index in [0.717, 1.165) is 11.3 Å². The maximum Gasteiger partial charge on any atom is 0.240 e. The lowest BCUT2D eigenvalue weighted by atomic mass is 9.98. The van der Waals surface area contributed by atoms with E-state index >= 15 is 0 Å². The Morgan fingerprint density at radius 1 is 1.44 bits per heavy atom. The number of carbonyl (C=O) groups is 1. The van der Waals surface area contributed by atoms with Crippen LogP contribution < -0.4 is 15.8 Å². The van der Waals surface area contributed by atoms with Crippen LogP contribution >= 0.6 is 0 Å². The molecule has 1 rings (SSSR count). The summed E-state index contributed by atoms with van der Waals surface area (Å²) in [4.78, 5) is 11.9. The van der Waals surface area contributed by atoms with Crippen molar-refractivity contribution >= 4 is 5.91 Å². The topological polar surface area (TPSA) is 64.4 Å². The summed E-state index contributed by atoms with van der Waals surface area (Å²) in [5, 5.41) is 2.92. The third-order valence-electron chi connectivity index (χ3n) is 3.22. The van der Waals surface area contributed by atoms with E-state index in [1.807, 2.05) is 38.1 Å². The fourth-order valence-electron chi connectivity index (χ4n) is 1.50. The smallest absolute Gasteiger partial charge is 0.240 e. The van der Waals surface area contributed by atoms with Gasteiger partial charge < -0.3 is 15.8 Å². The molecule has 4 nitrogen and oxygen atoms in total. The van der Waals surface area contributed by atoms with Gasteiger partial charge in [0, 0.05) is 0 Å². The Morgan fingerprint density at radius 3 is 2.44 bits per heavy atom. The lowest BCUT2D eigenvalue weighted by molar-refractivity contribution is -0.126. The number of ether oxygens (including phenoxy) is 1. The van der Waals surface area contributed by atoms with Crippen LogP contribution in [0.15, 0.2) is 24.3 Å². The highest BCUT2D eigenvalue weighted by molar-refractivity contribution is 5.85. The first-order valence-corrected chi connectivity index (χ1v) is 6.14. The normalized spacial score (nSPS) is 15.6. The molecule has 3 N–H and O–H groups in total. The van der Waals surface area contributed by atoms with Gasteiger partial charge in [0.25, 0.3) is 0 Å². The molecule has 0 bridgehead atoms. The van der Waals surface area contributed by atoms with Gasteiger partial charge in [0.05, 0.1) is 18.7 Å². The van der Waals surface area contributed by atoms with Crippen molar-refractivity contribution in [3.05, 3.63) is 29.8 Å². The molecule has 1 aromatic carbocycles. The van der Waals surface area contributed by atoms with E-state index in [9.17, 15) is 4.79 Å². The highest BCUT2D eigenvalue weighted by atomic mass is 16.5. The van der Waals surface area contributed by atoms with E-state index in [1.54, 1.807) is 14.0 Å². The number of nitrogens with one attached hydrogen (secondary N) is 1. The van der Waals surface area contributed by atoms with Gasteiger partial charge in [-0.05, 0) is 38.0 Å². The monoisotopic (exact) mass is 250 g/mol. The number of methoxy groups -OCH3 is 1. The first kappa shape index (κ1) is 14.5. The van der Waals surface area contributed by atoms with Gasteiger partial charge in [0.15, 0.2) is 0 Å². The van der Waals surface area contributed by atoms with Gasteiger partial charge in [0.2, 0.25) is 5.91 Å². The molecule has 0 heterocycles. The molecule has 1 aromatic rings. The summed E-state index contributed by atoms with van der Waals surface area (Å²) in [6, 6.07) is 7.55. The van der Waals surface area contributed by atoms with Crippen LogP contribution in [0.25, 0.3) is 0 Å². The van der Waals surface area contributed by atoms with Gasteiger partial charge in [-0.1, -0.05) is 19.1 Å². The Kier molecular flexibility index (Phi) is 4.73. The van der Waals surface area contributed by atoms with Gasteiger partial charge in [-0.2, -0.15) is 0 Å². The molecule has 0 saturated carbocycles. The first-order valence-electron chi connectivity index (χ1n) is 6.14. The van der Waals surface area contributed by atoms with E-state index in [0.29, 0.717) is 6.42 Å². The summed E-state index contributed by atoms with van der Waals surface area (Å²) in [6.07, 6.45) is 0.605. The number of nitrogens with two attached hydrogens (primary N) is 1. The molecule has 0 radical (unpaired) electrons. The molecule has 0 saturated heterocycles. The zero-order valence-electron chi connectivity index (χ0n) is 11.5. The number of rotatable bonds is 5. The van der Waals surface area contributed by atoms with Crippen molar-refractivity contribution < 1.29 is 9.53 Å². The number of hydrogen-bond donors (Lipinski definition) is 2. The Balaban J connectivity index is 2.70. The molecule has 1 amide bonds. The number of benzene rings is 1. The summed E-state index contributed by atoms with van der Waals surface area (Å²) >= 11 is 0. The second-order valence-corrected chi connectivity index (χ2v) is 4.74. The quantitative estimate of drug-likeness (QED) is 0.840. The SMILES string of the molecule is CCC(C)(N)C(=O)N[C@H](C)c1ccc(OC)cc1. The molecule has 0 aliphatic heterocycles. The Morgan fingerprint density at radius 2 is 2.00 bits per heavy atom. The van der Waals surface area contributed by atoms with Crippen molar-refractivity contribution in [1.82, 2.24) is 5.32 Å². The summed E-state index contributed by atoms with van der Waals surface area (Å²) in [5.74, 6) is 0.669. The van der Waals surface area contributed by atoms with Crippen molar-refractivity contribution in [1.29, 1.82) is 0 Å². The van der Waals surface area contributed by atoms with Gasteiger partial charge in [-0.25, -0.2) is 0 Å². The molecule has 1 unspecified atom stereocenters. The van der Waals surface area contributed by atoms with Crippen LogP contribution in [0.1, 0.15) is 38.8 Å². The van der Waals surface area contributed by atoms with E-state index < -0.39 is 5.54 Å². The average molecular weight is 250 g/mol. The minimum Gasteiger partial charge on any atom is -0.497 e. The fourth-order valence-corrected chi connectivity index (χ4v) is 1.50. The summed E-state index contributed by atoms with van der Waals surface area (Å²) in [6.45, 7) is 5.58. The molecule has 0 spiro atoms. The molecule has 18 heavy (non-hydrogen) atoms. The van der Waals surface area contributed by atoms with Crippen molar-refractivity contribution in [3.8, 4) is 5.75 Å². The van der Waals surface area contributed by atoms with E-state index in [-0.39, 0.29) is 11.9 Å². The average Bonchev–Trinajstić information content (AvgIpc) is 2.38. The van der Waals surface area contributed by atoms with E-state index in [4.69, 9.17) is 10.5 Å². The van der Waals surface area contributed by atoms with E-state index in [2.05, 4.69) is 5.32 Å². The minimum atomic E-state index is -0.819. The lowest BCUT2D eigenvalue weighted by Crippen LogP contribution is -2.51. The Labute approximate surface area is 109 Å². The molecule has 2 atom stereocenters. The van der Waals surface area contributed by atoms with Crippen LogP contribution in [-0.2, 0) is 4.79 Å². The Hall–Kier alpha value is -1.55. The number of hydrogen-bond acceptors (Lipinski definition) is 3. The molecule has 0 fully saturated rings. The molecule has 0 aromatic heterocycles. The maximum absolute atomic E-state index is 11.9. The van der Waals surface area contributed by atoms with Crippen LogP contribution in [0.5, 0.6) is 5.75 Å². The molecular weight excluding hydrogens is 228 g/mol. The summed E-state index contributed by atoms with van der Waals surface area (Å²) in [5.41, 5.74) is 6.10. The predicted octanol–water partition coefficient (Wildman–Crippen LogP) is 2.00. The van der Waals surface area contributed by atoms with Crippen molar-refractivity contribution in [3.63, 3.8) is 0 Å². The van der Waals surface area contributed by atoms with Crippen molar-refractivity contribution in [2.45, 2.75) is 38.8 Å². The highest BCUT2D eigenvalue weighted by Gasteiger charge is 2.27. The van der Waals surface area contributed by atoms with Gasteiger partial charge in [0.1, 0.15) is 5.75 Å². The largest absolute Gasteiger partial charge is 0.497 e. The molecule has 0 aliphatic carbocycles. The van der Waals surface area contributed by atoms with Gasteiger partial charge >= 0.3 is 0 Å². The van der Waals surface area contributed by atoms with Crippen LogP contribution in [0.3, 0.4) is 0 Å². The second kappa shape index (κ2) is 5.87. The molecule has 100 valence electrons. The van der Waals surface area contributed by atoms with Crippen LogP contribution in [-0.4, -0.2) is 18.6 Å². The fraction of sp³-hybridized carbons (Fsp3) is 0.500. The third kappa shape index (κ3) is 3.47. The number of carbonyl (C=O) groups excluding carboxylic acids is 1. The van der Waals surface area contributed by atoms with Gasteiger partial charge in [-0.15, -0.1) is 0 Å². The third-order valence-corrected chi connectivity index (χ3v) is 3.22. The molecular formula is C14H22N2O2. The summed E-state index contributed by atoms with van der Waals surface area (Å²) in [7, 11) is 1.63. The molecule has 0 aliphatic rings. The van der Waals surface area contributed by atoms with Crippen LogP contribution in [0.4, 0.5) is 0 Å². The minimum absolute atomic E-state index is 0.0715. The molecule has 4 heteroatoms. The zero-order chi connectivity index (χ0) is 13.8. The van der Waals surface area contributed by atoms with Gasteiger partial charge in [-0.3, -0.25) is 4.79 Å². The standard InChI is InChI=1S/C14H22N2O2/c1-5-14(3,15)13(17)16-10(2)11-6-8-12(18-4)9-7-11/h6-10H,5,15H2,1-4H3,(H,16,17)/t10-,14?/m1/s1. The first-order chi connectivity index (χ1) is 8.40. The maximum atomic E-state index is 11.9. The Bertz CT molecular complexity index is 399. The van der Waals surface area contributed by atoms with Crippen LogP contribution in [0.2, 0.25) is 0 Å².